The zero-order valence-corrected chi connectivity index (χ0v) is 20.3. The lowest BCUT2D eigenvalue weighted by atomic mass is 10.2. The van der Waals surface area contributed by atoms with Crippen molar-refractivity contribution < 1.29 is 13.2 Å². The van der Waals surface area contributed by atoms with E-state index in [1.807, 2.05) is 44.2 Å². The second-order valence-corrected chi connectivity index (χ2v) is 10.7. The van der Waals surface area contributed by atoms with E-state index in [1.54, 1.807) is 54.2 Å². The van der Waals surface area contributed by atoms with E-state index in [1.165, 1.54) is 0 Å². The fraction of sp³-hybridized carbons (Fsp3) is 0.208. The Kier molecular flexibility index (Phi) is 8.23. The number of amides is 1. The van der Waals surface area contributed by atoms with E-state index in [0.717, 1.165) is 20.3 Å². The summed E-state index contributed by atoms with van der Waals surface area (Å²) in [6.07, 6.45) is 0. The first-order valence-electron chi connectivity index (χ1n) is 10.1. The van der Waals surface area contributed by atoms with Crippen LogP contribution in [0.3, 0.4) is 0 Å². The van der Waals surface area contributed by atoms with Crippen molar-refractivity contribution in [1.82, 2.24) is 5.32 Å². The van der Waals surface area contributed by atoms with E-state index in [0.29, 0.717) is 23.0 Å². The summed E-state index contributed by atoms with van der Waals surface area (Å²) in [6.45, 7) is 3.80. The van der Waals surface area contributed by atoms with Crippen LogP contribution in [0.25, 0.3) is 0 Å². The number of nitrogens with zero attached hydrogens (tertiary/aromatic N) is 1. The second-order valence-electron chi connectivity index (χ2n) is 7.27. The van der Waals surface area contributed by atoms with Crippen molar-refractivity contribution in [2.24, 2.45) is 0 Å². The van der Waals surface area contributed by atoms with Gasteiger partial charge >= 0.3 is 0 Å². The SMILES string of the molecule is Cc1ccc(S(=O)(=O)N(CC(=O)NCCSc2ccccc2)c2ccc(C)c(Cl)c2)cc1. The molecule has 0 saturated carbocycles. The molecular formula is C24H25ClN2O3S2. The molecule has 0 bridgehead atoms. The van der Waals surface area contributed by atoms with Gasteiger partial charge < -0.3 is 5.32 Å². The summed E-state index contributed by atoms with van der Waals surface area (Å²) >= 11 is 7.87. The van der Waals surface area contributed by atoms with E-state index < -0.39 is 10.0 Å². The van der Waals surface area contributed by atoms with Crippen LogP contribution in [-0.4, -0.2) is 33.2 Å². The highest BCUT2D eigenvalue weighted by molar-refractivity contribution is 7.99. The van der Waals surface area contributed by atoms with Gasteiger partial charge in [-0.2, -0.15) is 0 Å². The Morgan fingerprint density at radius 1 is 1.00 bits per heavy atom. The minimum atomic E-state index is -3.96. The number of rotatable bonds is 9. The van der Waals surface area contributed by atoms with Crippen molar-refractivity contribution in [3.8, 4) is 0 Å². The third-order valence-electron chi connectivity index (χ3n) is 4.78. The van der Waals surface area contributed by atoms with Gasteiger partial charge in [-0.3, -0.25) is 9.10 Å². The summed E-state index contributed by atoms with van der Waals surface area (Å²) < 4.78 is 27.9. The molecular weight excluding hydrogens is 464 g/mol. The van der Waals surface area contributed by atoms with Crippen molar-refractivity contribution in [2.75, 3.05) is 23.1 Å². The van der Waals surface area contributed by atoms with Crippen LogP contribution in [-0.2, 0) is 14.8 Å². The van der Waals surface area contributed by atoms with Gasteiger partial charge in [0.25, 0.3) is 10.0 Å². The molecule has 1 amide bonds. The predicted molar refractivity (Wildman–Crippen MR) is 132 cm³/mol. The monoisotopic (exact) mass is 488 g/mol. The Morgan fingerprint density at radius 2 is 1.69 bits per heavy atom. The summed E-state index contributed by atoms with van der Waals surface area (Å²) in [5, 5.41) is 3.25. The molecule has 32 heavy (non-hydrogen) atoms. The molecule has 3 aromatic carbocycles. The van der Waals surface area contributed by atoms with Gasteiger partial charge in [0.1, 0.15) is 6.54 Å². The first kappa shape index (κ1) is 24.2. The molecule has 0 saturated heterocycles. The highest BCUT2D eigenvalue weighted by atomic mass is 35.5. The van der Waals surface area contributed by atoms with Crippen molar-refractivity contribution in [2.45, 2.75) is 23.6 Å². The Labute approximate surface area is 198 Å². The Balaban J connectivity index is 1.75. The van der Waals surface area contributed by atoms with Crippen LogP contribution < -0.4 is 9.62 Å². The van der Waals surface area contributed by atoms with Crippen LogP contribution in [0.15, 0.2) is 82.6 Å². The average Bonchev–Trinajstić information content (AvgIpc) is 2.78. The highest BCUT2D eigenvalue weighted by Crippen LogP contribution is 2.28. The number of hydrogen-bond acceptors (Lipinski definition) is 4. The van der Waals surface area contributed by atoms with E-state index >= 15 is 0 Å². The molecule has 1 N–H and O–H groups in total. The third kappa shape index (κ3) is 6.28. The number of sulfonamides is 1. The summed E-state index contributed by atoms with van der Waals surface area (Å²) in [5.41, 5.74) is 2.11. The molecule has 0 aliphatic carbocycles. The van der Waals surface area contributed by atoms with Gasteiger partial charge in [0.2, 0.25) is 5.91 Å². The van der Waals surface area contributed by atoms with Gasteiger partial charge in [-0.25, -0.2) is 8.42 Å². The zero-order chi connectivity index (χ0) is 23.1. The Hall–Kier alpha value is -2.48. The zero-order valence-electron chi connectivity index (χ0n) is 17.9. The van der Waals surface area contributed by atoms with E-state index in [-0.39, 0.29) is 17.3 Å². The molecule has 0 fully saturated rings. The largest absolute Gasteiger partial charge is 0.354 e. The molecule has 0 unspecified atom stereocenters. The van der Waals surface area contributed by atoms with Gasteiger partial charge in [0, 0.05) is 22.2 Å². The molecule has 0 atom stereocenters. The molecule has 3 rings (SSSR count). The van der Waals surface area contributed by atoms with Crippen LogP contribution in [0.4, 0.5) is 5.69 Å². The third-order valence-corrected chi connectivity index (χ3v) is 7.98. The number of benzene rings is 3. The number of hydrogen-bond donors (Lipinski definition) is 1. The fourth-order valence-electron chi connectivity index (χ4n) is 2.95. The lowest BCUT2D eigenvalue weighted by Gasteiger charge is -2.24. The summed E-state index contributed by atoms with van der Waals surface area (Å²) in [4.78, 5) is 13.9. The molecule has 0 heterocycles. The number of anilines is 1. The maximum atomic E-state index is 13.4. The second kappa shape index (κ2) is 10.9. The molecule has 5 nitrogen and oxygen atoms in total. The van der Waals surface area contributed by atoms with Gasteiger partial charge in [-0.15, -0.1) is 11.8 Å². The van der Waals surface area contributed by atoms with Crippen molar-refractivity contribution in [3.63, 3.8) is 0 Å². The summed E-state index contributed by atoms with van der Waals surface area (Å²) in [5.74, 6) is 0.294. The number of thioether (sulfide) groups is 1. The topological polar surface area (TPSA) is 66.5 Å². The van der Waals surface area contributed by atoms with Crippen LogP contribution in [0.1, 0.15) is 11.1 Å². The molecule has 0 spiro atoms. The van der Waals surface area contributed by atoms with Gasteiger partial charge in [0.15, 0.2) is 0 Å². The van der Waals surface area contributed by atoms with Crippen molar-refractivity contribution in [1.29, 1.82) is 0 Å². The number of nitrogens with one attached hydrogen (secondary N) is 1. The maximum absolute atomic E-state index is 13.4. The number of carbonyl (C=O) groups excluding carboxylic acids is 1. The minimum Gasteiger partial charge on any atom is -0.354 e. The Bertz CT molecular complexity index is 1170. The van der Waals surface area contributed by atoms with E-state index in [2.05, 4.69) is 5.32 Å². The first-order chi connectivity index (χ1) is 15.3. The molecule has 0 aliphatic rings. The molecule has 8 heteroatoms. The highest BCUT2D eigenvalue weighted by Gasteiger charge is 2.27. The summed E-state index contributed by atoms with van der Waals surface area (Å²) in [6, 6.07) is 21.4. The quantitative estimate of drug-likeness (QED) is 0.337. The smallest absolute Gasteiger partial charge is 0.264 e. The van der Waals surface area contributed by atoms with E-state index in [4.69, 9.17) is 11.6 Å². The molecule has 0 aliphatic heterocycles. The molecule has 168 valence electrons. The lowest BCUT2D eigenvalue weighted by molar-refractivity contribution is -0.119. The van der Waals surface area contributed by atoms with Crippen LogP contribution >= 0.6 is 23.4 Å². The van der Waals surface area contributed by atoms with Crippen molar-refractivity contribution in [3.05, 3.63) is 88.9 Å². The average molecular weight is 489 g/mol. The lowest BCUT2D eigenvalue weighted by Crippen LogP contribution is -2.41. The fourth-order valence-corrected chi connectivity index (χ4v) is 5.33. The normalized spacial score (nSPS) is 11.2. The maximum Gasteiger partial charge on any atom is 0.264 e. The number of aryl methyl sites for hydroxylation is 2. The minimum absolute atomic E-state index is 0.118. The van der Waals surface area contributed by atoms with Crippen LogP contribution in [0.2, 0.25) is 5.02 Å². The number of halogens is 1. The molecule has 3 aromatic rings. The Morgan fingerprint density at radius 3 is 2.34 bits per heavy atom. The van der Waals surface area contributed by atoms with E-state index in [9.17, 15) is 13.2 Å². The standard InChI is InChI=1S/C24H25ClN2O3S2/c1-18-8-12-22(13-9-18)32(29,30)27(20-11-10-19(2)23(25)16-20)17-24(28)26-14-15-31-21-6-4-3-5-7-21/h3-13,16H,14-15,17H2,1-2H3,(H,26,28). The van der Waals surface area contributed by atoms with Crippen LogP contribution in [0, 0.1) is 13.8 Å². The number of carbonyl (C=O) groups is 1. The molecule has 0 radical (unpaired) electrons. The van der Waals surface area contributed by atoms with Crippen LogP contribution in [0.5, 0.6) is 0 Å². The van der Waals surface area contributed by atoms with Gasteiger partial charge in [-0.1, -0.05) is 53.6 Å². The predicted octanol–water partition coefficient (Wildman–Crippen LogP) is 5.06. The first-order valence-corrected chi connectivity index (χ1v) is 12.9. The van der Waals surface area contributed by atoms with Crippen molar-refractivity contribution >= 4 is 45.0 Å². The van der Waals surface area contributed by atoms with Gasteiger partial charge in [0.05, 0.1) is 10.6 Å². The summed E-state index contributed by atoms with van der Waals surface area (Å²) in [7, 11) is -3.96. The van der Waals surface area contributed by atoms with Gasteiger partial charge in [-0.05, 0) is 55.8 Å². The molecule has 0 aromatic heterocycles.